The van der Waals surface area contributed by atoms with Crippen LogP contribution in [0.4, 0.5) is 11.5 Å². The Morgan fingerprint density at radius 1 is 1.21 bits per heavy atom. The van der Waals surface area contributed by atoms with Gasteiger partial charge in [-0.25, -0.2) is 9.78 Å². The van der Waals surface area contributed by atoms with Crippen LogP contribution in [0.5, 0.6) is 0 Å². The highest BCUT2D eigenvalue weighted by Gasteiger charge is 2.22. The van der Waals surface area contributed by atoms with Crippen LogP contribution in [0.3, 0.4) is 0 Å². The number of para-hydroxylation sites is 1. The van der Waals surface area contributed by atoms with Crippen molar-refractivity contribution < 1.29 is 14.1 Å². The highest BCUT2D eigenvalue weighted by molar-refractivity contribution is 6.31. The first-order valence-corrected chi connectivity index (χ1v) is 8.81. The fourth-order valence-corrected chi connectivity index (χ4v) is 3.30. The van der Waals surface area contributed by atoms with E-state index in [9.17, 15) is 19.7 Å². The number of hydrogen-bond acceptors (Lipinski definition) is 6. The number of hydrogen-bond donors (Lipinski definition) is 1. The van der Waals surface area contributed by atoms with Gasteiger partial charge in [0.15, 0.2) is 0 Å². The Kier molecular flexibility index (Phi) is 4.48. The van der Waals surface area contributed by atoms with E-state index in [0.717, 1.165) is 6.07 Å². The van der Waals surface area contributed by atoms with Crippen molar-refractivity contribution in [3.05, 3.63) is 85.2 Å². The summed E-state index contributed by atoms with van der Waals surface area (Å²) in [5.41, 5.74) is 0.172. The van der Waals surface area contributed by atoms with Crippen molar-refractivity contribution in [3.63, 3.8) is 0 Å². The van der Waals surface area contributed by atoms with Gasteiger partial charge in [-0.05, 0) is 42.8 Å². The van der Waals surface area contributed by atoms with E-state index in [1.165, 1.54) is 18.2 Å². The molecular weight excluding hydrogens is 398 g/mol. The van der Waals surface area contributed by atoms with Gasteiger partial charge in [0.2, 0.25) is 0 Å². The lowest BCUT2D eigenvalue weighted by Crippen LogP contribution is -2.15. The smallest absolute Gasteiger partial charge is 0.346 e. The molecule has 0 saturated carbocycles. The van der Waals surface area contributed by atoms with Gasteiger partial charge in [0.25, 0.3) is 11.6 Å². The number of nitro groups is 1. The van der Waals surface area contributed by atoms with Crippen molar-refractivity contribution in [1.29, 1.82) is 0 Å². The number of rotatable bonds is 3. The van der Waals surface area contributed by atoms with Crippen LogP contribution in [0.25, 0.3) is 21.9 Å². The molecule has 2 heterocycles. The van der Waals surface area contributed by atoms with Crippen molar-refractivity contribution in [3.8, 4) is 0 Å². The first-order chi connectivity index (χ1) is 13.8. The van der Waals surface area contributed by atoms with Crippen LogP contribution in [0.1, 0.15) is 15.9 Å². The first-order valence-electron chi connectivity index (χ1n) is 8.43. The molecule has 8 nitrogen and oxygen atoms in total. The summed E-state index contributed by atoms with van der Waals surface area (Å²) in [5.74, 6) is -0.595. The Morgan fingerprint density at radius 2 is 1.97 bits per heavy atom. The summed E-state index contributed by atoms with van der Waals surface area (Å²) < 4.78 is 5.33. The highest BCUT2D eigenvalue weighted by Crippen LogP contribution is 2.27. The Bertz CT molecular complexity index is 1380. The number of pyridine rings is 1. The molecule has 1 amide bonds. The molecule has 0 unspecified atom stereocenters. The van der Waals surface area contributed by atoms with Gasteiger partial charge in [-0.2, -0.15) is 0 Å². The van der Waals surface area contributed by atoms with Gasteiger partial charge in [0.1, 0.15) is 17.0 Å². The van der Waals surface area contributed by atoms with E-state index in [-0.39, 0.29) is 22.1 Å². The van der Waals surface area contributed by atoms with E-state index < -0.39 is 16.5 Å². The molecule has 0 aliphatic rings. The molecule has 0 saturated heterocycles. The number of anilines is 1. The van der Waals surface area contributed by atoms with E-state index in [2.05, 4.69) is 10.3 Å². The van der Waals surface area contributed by atoms with Gasteiger partial charge in [-0.3, -0.25) is 14.9 Å². The van der Waals surface area contributed by atoms with Crippen LogP contribution < -0.4 is 10.9 Å². The fraction of sp³-hybridized carbons (Fsp3) is 0.0500. The second-order valence-electron chi connectivity index (χ2n) is 6.31. The molecule has 0 aliphatic heterocycles. The first kappa shape index (κ1) is 18.6. The fourth-order valence-electron chi connectivity index (χ4n) is 3.12. The van der Waals surface area contributed by atoms with E-state index >= 15 is 0 Å². The number of nitrogens with one attached hydrogen (secondary N) is 1. The Labute approximate surface area is 167 Å². The average molecular weight is 410 g/mol. The lowest BCUT2D eigenvalue weighted by atomic mass is 10.1. The predicted octanol–water partition coefficient (Wildman–Crippen LogP) is 4.46. The van der Waals surface area contributed by atoms with Gasteiger partial charge in [-0.1, -0.05) is 23.7 Å². The van der Waals surface area contributed by atoms with Crippen LogP contribution in [-0.4, -0.2) is 15.8 Å². The largest absolute Gasteiger partial charge is 0.422 e. The monoisotopic (exact) mass is 409 g/mol. The molecule has 0 radical (unpaired) electrons. The number of halogens is 1. The van der Waals surface area contributed by atoms with E-state index in [1.54, 1.807) is 31.2 Å². The molecule has 0 bridgehead atoms. The number of aromatic nitrogens is 1. The minimum absolute atomic E-state index is 0.144. The van der Waals surface area contributed by atoms with Gasteiger partial charge < -0.3 is 9.73 Å². The van der Waals surface area contributed by atoms with Crippen LogP contribution in [0, 0.1) is 17.0 Å². The molecule has 1 N–H and O–H groups in total. The number of nitro benzene ring substituents is 1. The normalized spacial score (nSPS) is 11.0. The van der Waals surface area contributed by atoms with Gasteiger partial charge in [0, 0.05) is 16.5 Å². The number of carbonyl (C=O) groups is 1. The SMILES string of the molecule is Cc1cc(NC(=O)c2cc(Cl)ccc2[N+](=O)[O-])nc2c1c(=O)oc1ccccc12. The third-order valence-electron chi connectivity index (χ3n) is 4.41. The zero-order valence-electron chi connectivity index (χ0n) is 14.9. The Balaban J connectivity index is 1.85. The molecule has 2 aromatic heterocycles. The molecular formula is C20H12ClN3O5. The third-order valence-corrected chi connectivity index (χ3v) is 4.64. The zero-order chi connectivity index (χ0) is 20.7. The maximum atomic E-state index is 12.7. The highest BCUT2D eigenvalue weighted by atomic mass is 35.5. The summed E-state index contributed by atoms with van der Waals surface area (Å²) in [6.07, 6.45) is 0. The second kappa shape index (κ2) is 6.99. The Morgan fingerprint density at radius 3 is 2.72 bits per heavy atom. The van der Waals surface area contributed by atoms with Crippen LogP contribution in [0.2, 0.25) is 5.02 Å². The standard InChI is InChI=1S/C20H12ClN3O5/c1-10-8-16(23-19(25)13-9-11(21)6-7-14(13)24(27)28)22-18-12-4-2-3-5-15(12)29-20(26)17(10)18/h2-9H,1H3,(H,22,23,25). The number of nitrogens with zero attached hydrogens (tertiary/aromatic N) is 2. The lowest BCUT2D eigenvalue weighted by Gasteiger charge is -2.09. The summed E-state index contributed by atoms with van der Waals surface area (Å²) in [5, 5.41) is 14.9. The molecule has 4 rings (SSSR count). The molecule has 9 heteroatoms. The average Bonchev–Trinajstić information content (AvgIpc) is 2.67. The van der Waals surface area contributed by atoms with Crippen LogP contribution >= 0.6 is 11.6 Å². The summed E-state index contributed by atoms with van der Waals surface area (Å²) in [6.45, 7) is 1.69. The van der Waals surface area contributed by atoms with Crippen molar-refractivity contribution >= 4 is 50.9 Å². The third kappa shape index (κ3) is 3.30. The van der Waals surface area contributed by atoms with Crippen molar-refractivity contribution in [1.82, 2.24) is 4.98 Å². The molecule has 2 aromatic carbocycles. The molecule has 0 aliphatic carbocycles. The van der Waals surface area contributed by atoms with E-state index in [0.29, 0.717) is 27.4 Å². The van der Waals surface area contributed by atoms with Crippen LogP contribution in [0.15, 0.2) is 57.7 Å². The second-order valence-corrected chi connectivity index (χ2v) is 6.74. The minimum atomic E-state index is -0.738. The molecule has 0 atom stereocenters. The Hall–Kier alpha value is -3.78. The maximum absolute atomic E-state index is 12.7. The summed E-state index contributed by atoms with van der Waals surface area (Å²) in [7, 11) is 0. The number of fused-ring (bicyclic) bond motifs is 3. The topological polar surface area (TPSA) is 115 Å². The quantitative estimate of drug-likeness (QED) is 0.231. The zero-order valence-corrected chi connectivity index (χ0v) is 15.7. The maximum Gasteiger partial charge on any atom is 0.346 e. The molecule has 29 heavy (non-hydrogen) atoms. The molecule has 144 valence electrons. The summed E-state index contributed by atoms with van der Waals surface area (Å²) in [4.78, 5) is 40.0. The van der Waals surface area contributed by atoms with Crippen molar-refractivity contribution in [2.45, 2.75) is 6.92 Å². The molecule has 4 aromatic rings. The number of benzene rings is 2. The number of carbonyl (C=O) groups excluding carboxylic acids is 1. The molecule has 0 fully saturated rings. The number of aryl methyl sites for hydroxylation is 1. The van der Waals surface area contributed by atoms with Crippen LogP contribution in [-0.2, 0) is 0 Å². The van der Waals surface area contributed by atoms with Gasteiger partial charge in [-0.15, -0.1) is 0 Å². The predicted molar refractivity (Wildman–Crippen MR) is 109 cm³/mol. The molecule has 0 spiro atoms. The van der Waals surface area contributed by atoms with E-state index in [4.69, 9.17) is 16.0 Å². The number of amides is 1. The van der Waals surface area contributed by atoms with E-state index in [1.807, 2.05) is 0 Å². The van der Waals surface area contributed by atoms with Crippen molar-refractivity contribution in [2.75, 3.05) is 5.32 Å². The summed E-state index contributed by atoms with van der Waals surface area (Å²) in [6, 6.07) is 12.1. The summed E-state index contributed by atoms with van der Waals surface area (Å²) >= 11 is 5.89. The minimum Gasteiger partial charge on any atom is -0.422 e. The van der Waals surface area contributed by atoms with Gasteiger partial charge >= 0.3 is 5.63 Å². The lowest BCUT2D eigenvalue weighted by molar-refractivity contribution is -0.385. The van der Waals surface area contributed by atoms with Gasteiger partial charge in [0.05, 0.1) is 15.8 Å². The van der Waals surface area contributed by atoms with Crippen molar-refractivity contribution in [2.24, 2.45) is 0 Å².